The molecule has 172 valence electrons. The summed E-state index contributed by atoms with van der Waals surface area (Å²) in [6.45, 7) is 9.24. The SMILES string of the molecule is COc1nc(Nc2ccc(C#N)c(OCCC(C)C)c2)nc(OCCN2CCOCC2)n1. The molecule has 1 aromatic carbocycles. The number of ether oxygens (including phenoxy) is 4. The summed E-state index contributed by atoms with van der Waals surface area (Å²) in [5.74, 6) is 1.30. The van der Waals surface area contributed by atoms with Crippen molar-refractivity contribution in [2.75, 3.05) is 58.5 Å². The van der Waals surface area contributed by atoms with E-state index in [1.54, 1.807) is 18.2 Å². The molecule has 0 atom stereocenters. The lowest BCUT2D eigenvalue weighted by Gasteiger charge is -2.26. The van der Waals surface area contributed by atoms with Crippen molar-refractivity contribution in [3.8, 4) is 23.8 Å². The molecule has 1 fully saturated rings. The number of rotatable bonds is 11. The molecule has 2 aromatic rings. The molecule has 1 N–H and O–H groups in total. The summed E-state index contributed by atoms with van der Waals surface area (Å²) in [7, 11) is 1.49. The molecule has 0 saturated carbocycles. The van der Waals surface area contributed by atoms with Crippen molar-refractivity contribution in [1.82, 2.24) is 19.9 Å². The Labute approximate surface area is 188 Å². The molecule has 32 heavy (non-hydrogen) atoms. The van der Waals surface area contributed by atoms with E-state index in [0.717, 1.165) is 39.3 Å². The highest BCUT2D eigenvalue weighted by Crippen LogP contribution is 2.26. The van der Waals surface area contributed by atoms with Gasteiger partial charge in [-0.15, -0.1) is 4.98 Å². The van der Waals surface area contributed by atoms with Crippen LogP contribution < -0.4 is 19.5 Å². The van der Waals surface area contributed by atoms with E-state index in [0.29, 0.717) is 36.1 Å². The second kappa shape index (κ2) is 12.0. The van der Waals surface area contributed by atoms with Gasteiger partial charge in [0, 0.05) is 31.4 Å². The number of anilines is 2. The average molecular weight is 443 g/mol. The zero-order valence-electron chi connectivity index (χ0n) is 18.8. The number of nitrogens with one attached hydrogen (secondary N) is 1. The van der Waals surface area contributed by atoms with Gasteiger partial charge in [-0.3, -0.25) is 4.90 Å². The fourth-order valence-electron chi connectivity index (χ4n) is 2.99. The molecular weight excluding hydrogens is 412 g/mol. The first-order valence-corrected chi connectivity index (χ1v) is 10.7. The molecule has 0 amide bonds. The highest BCUT2D eigenvalue weighted by atomic mass is 16.5. The van der Waals surface area contributed by atoms with E-state index in [1.165, 1.54) is 7.11 Å². The van der Waals surface area contributed by atoms with Gasteiger partial charge in [0.1, 0.15) is 18.4 Å². The minimum absolute atomic E-state index is 0.144. The van der Waals surface area contributed by atoms with Gasteiger partial charge < -0.3 is 24.3 Å². The Morgan fingerprint density at radius 1 is 1.12 bits per heavy atom. The van der Waals surface area contributed by atoms with Gasteiger partial charge in [0.25, 0.3) is 0 Å². The first-order valence-electron chi connectivity index (χ1n) is 10.7. The van der Waals surface area contributed by atoms with Crippen LogP contribution in [0.1, 0.15) is 25.8 Å². The number of nitriles is 1. The third-order valence-electron chi connectivity index (χ3n) is 4.83. The molecular formula is C22H30N6O4. The minimum atomic E-state index is 0.144. The van der Waals surface area contributed by atoms with Crippen molar-refractivity contribution in [3.05, 3.63) is 23.8 Å². The van der Waals surface area contributed by atoms with Gasteiger partial charge in [-0.2, -0.15) is 15.2 Å². The molecule has 1 saturated heterocycles. The van der Waals surface area contributed by atoms with Crippen molar-refractivity contribution in [2.24, 2.45) is 5.92 Å². The smallest absolute Gasteiger partial charge is 0.324 e. The Bertz CT molecular complexity index is 912. The first kappa shape index (κ1) is 23.5. The number of aromatic nitrogens is 3. The first-order chi connectivity index (χ1) is 15.6. The van der Waals surface area contributed by atoms with E-state index in [9.17, 15) is 5.26 Å². The molecule has 0 radical (unpaired) electrons. The van der Waals surface area contributed by atoms with Gasteiger partial charge in [0.15, 0.2) is 0 Å². The van der Waals surface area contributed by atoms with Crippen LogP contribution in [0.25, 0.3) is 0 Å². The van der Waals surface area contributed by atoms with Crippen LogP contribution in [0.2, 0.25) is 0 Å². The third-order valence-corrected chi connectivity index (χ3v) is 4.83. The number of morpholine rings is 1. The largest absolute Gasteiger partial charge is 0.492 e. The zero-order chi connectivity index (χ0) is 22.8. The molecule has 0 unspecified atom stereocenters. The van der Waals surface area contributed by atoms with Crippen LogP contribution in [-0.4, -0.2) is 73.0 Å². The van der Waals surface area contributed by atoms with Gasteiger partial charge in [0.2, 0.25) is 5.95 Å². The summed E-state index contributed by atoms with van der Waals surface area (Å²) in [5, 5.41) is 12.5. The van der Waals surface area contributed by atoms with Crippen molar-refractivity contribution in [1.29, 1.82) is 5.26 Å². The molecule has 1 aliphatic heterocycles. The topological polar surface area (TPSA) is 115 Å². The van der Waals surface area contributed by atoms with Gasteiger partial charge in [-0.05, 0) is 24.5 Å². The Morgan fingerprint density at radius 3 is 2.62 bits per heavy atom. The monoisotopic (exact) mass is 442 g/mol. The quantitative estimate of drug-likeness (QED) is 0.557. The maximum atomic E-state index is 9.36. The number of hydrogen-bond donors (Lipinski definition) is 1. The molecule has 0 bridgehead atoms. The third kappa shape index (κ3) is 7.21. The summed E-state index contributed by atoms with van der Waals surface area (Å²) in [4.78, 5) is 15.0. The normalized spacial score (nSPS) is 14.1. The standard InChI is InChI=1S/C22H30N6O4/c1-16(2)6-10-31-19-14-18(5-4-17(19)15-23)24-20-25-21(29-3)27-22(26-20)32-13-9-28-7-11-30-12-8-28/h4-5,14,16H,6-13H2,1-3H3,(H,24,25,26,27). The lowest BCUT2D eigenvalue weighted by molar-refractivity contribution is 0.0316. The fraction of sp³-hybridized carbons (Fsp3) is 0.545. The zero-order valence-corrected chi connectivity index (χ0v) is 18.8. The van der Waals surface area contributed by atoms with Crippen LogP contribution >= 0.6 is 0 Å². The van der Waals surface area contributed by atoms with Crippen LogP contribution in [0.5, 0.6) is 17.8 Å². The molecule has 0 aliphatic carbocycles. The Morgan fingerprint density at radius 2 is 1.91 bits per heavy atom. The highest BCUT2D eigenvalue weighted by Gasteiger charge is 2.13. The maximum absolute atomic E-state index is 9.36. The summed E-state index contributed by atoms with van der Waals surface area (Å²) < 4.78 is 22.1. The van der Waals surface area contributed by atoms with Crippen LogP contribution in [0.3, 0.4) is 0 Å². The molecule has 2 heterocycles. The number of benzene rings is 1. The molecule has 1 aromatic heterocycles. The molecule has 0 spiro atoms. The van der Waals surface area contributed by atoms with Crippen LogP contribution in [0.4, 0.5) is 11.6 Å². The lowest BCUT2D eigenvalue weighted by atomic mass is 10.1. The number of nitrogens with zero attached hydrogens (tertiary/aromatic N) is 5. The van der Waals surface area contributed by atoms with Gasteiger partial charge in [-0.1, -0.05) is 13.8 Å². The van der Waals surface area contributed by atoms with E-state index in [2.05, 4.69) is 45.1 Å². The van der Waals surface area contributed by atoms with Crippen molar-refractivity contribution < 1.29 is 18.9 Å². The number of hydrogen-bond acceptors (Lipinski definition) is 10. The predicted octanol–water partition coefficient (Wildman–Crippen LogP) is 2.63. The molecule has 1 aliphatic rings. The Hall–Kier alpha value is -3.16. The summed E-state index contributed by atoms with van der Waals surface area (Å²) in [5.41, 5.74) is 1.15. The van der Waals surface area contributed by atoms with Crippen molar-refractivity contribution in [2.45, 2.75) is 20.3 Å². The molecule has 10 nitrogen and oxygen atoms in total. The second-order valence-corrected chi connectivity index (χ2v) is 7.71. The summed E-state index contributed by atoms with van der Waals surface area (Å²) >= 11 is 0. The van der Waals surface area contributed by atoms with Crippen LogP contribution in [0, 0.1) is 17.2 Å². The van der Waals surface area contributed by atoms with E-state index in [-0.39, 0.29) is 18.0 Å². The fourth-order valence-corrected chi connectivity index (χ4v) is 2.99. The van der Waals surface area contributed by atoms with Crippen LogP contribution in [-0.2, 0) is 4.74 Å². The Kier molecular flexibility index (Phi) is 8.83. The minimum Gasteiger partial charge on any atom is -0.492 e. The van der Waals surface area contributed by atoms with E-state index in [1.807, 2.05) is 0 Å². The highest BCUT2D eigenvalue weighted by molar-refractivity contribution is 5.60. The summed E-state index contributed by atoms with van der Waals surface area (Å²) in [6.07, 6.45) is 0.901. The van der Waals surface area contributed by atoms with Gasteiger partial charge in [-0.25, -0.2) is 0 Å². The second-order valence-electron chi connectivity index (χ2n) is 7.71. The van der Waals surface area contributed by atoms with Crippen molar-refractivity contribution in [3.63, 3.8) is 0 Å². The van der Waals surface area contributed by atoms with Crippen molar-refractivity contribution >= 4 is 11.6 Å². The molecule has 10 heteroatoms. The summed E-state index contributed by atoms with van der Waals surface area (Å²) in [6, 6.07) is 7.70. The average Bonchev–Trinajstić information content (AvgIpc) is 2.79. The van der Waals surface area contributed by atoms with Gasteiger partial charge >= 0.3 is 12.0 Å². The van der Waals surface area contributed by atoms with E-state index < -0.39 is 0 Å². The molecule has 3 rings (SSSR count). The van der Waals surface area contributed by atoms with Gasteiger partial charge in [0.05, 0.1) is 32.5 Å². The lowest BCUT2D eigenvalue weighted by Crippen LogP contribution is -2.38. The number of methoxy groups -OCH3 is 1. The Balaban J connectivity index is 1.66. The van der Waals surface area contributed by atoms with Crippen LogP contribution in [0.15, 0.2) is 18.2 Å². The van der Waals surface area contributed by atoms with E-state index >= 15 is 0 Å². The van der Waals surface area contributed by atoms with E-state index in [4.69, 9.17) is 18.9 Å². The predicted molar refractivity (Wildman–Crippen MR) is 119 cm³/mol. The maximum Gasteiger partial charge on any atom is 0.324 e.